The summed E-state index contributed by atoms with van der Waals surface area (Å²) in [7, 11) is 0. The molecule has 2 N–H and O–H groups in total. The molecule has 0 aliphatic heterocycles. The Morgan fingerprint density at radius 1 is 0.861 bits per heavy atom. The van der Waals surface area contributed by atoms with Crippen molar-refractivity contribution < 1.29 is 0 Å². The second-order valence-corrected chi connectivity index (χ2v) is 10.1. The number of halogens is 1. The summed E-state index contributed by atoms with van der Waals surface area (Å²) in [5.74, 6) is 0.723. The molecule has 5 aromatic rings. The average molecular weight is 494 g/mol. The molecular weight excluding hydrogens is 466 g/mol. The normalized spacial score (nSPS) is 11.4. The SMILES string of the molecule is CC(C)(C)Nc1cncc(-c2c(Cl)nc(NCc3ccccn3)c3c(-c4ccccc4)cccc23)c1. The molecule has 5 rings (SSSR count). The standard InChI is InChI=1S/C30H28ClN5/c1-30(2,3)36-23-16-21(17-32-18-23)26-25-14-9-13-24(20-10-5-4-6-11-20)27(25)29(35-28(26)31)34-19-22-12-7-8-15-33-22/h4-18,36H,19H2,1-3H3,(H,34,35). The molecule has 0 bridgehead atoms. The highest BCUT2D eigenvalue weighted by Gasteiger charge is 2.19. The fraction of sp³-hybridized carbons (Fsp3) is 0.167. The third kappa shape index (κ3) is 5.16. The Bertz CT molecular complexity index is 1500. The summed E-state index contributed by atoms with van der Waals surface area (Å²) < 4.78 is 0. The zero-order chi connectivity index (χ0) is 25.1. The second-order valence-electron chi connectivity index (χ2n) is 9.73. The highest BCUT2D eigenvalue weighted by molar-refractivity contribution is 6.34. The van der Waals surface area contributed by atoms with Gasteiger partial charge >= 0.3 is 0 Å². The number of nitrogens with one attached hydrogen (secondary N) is 2. The lowest BCUT2D eigenvalue weighted by Gasteiger charge is -2.22. The molecule has 3 heterocycles. The molecular formula is C30H28ClN5. The summed E-state index contributed by atoms with van der Waals surface area (Å²) in [5.41, 5.74) is 5.73. The first-order valence-corrected chi connectivity index (χ1v) is 12.3. The van der Waals surface area contributed by atoms with Crippen molar-refractivity contribution in [3.05, 3.63) is 102 Å². The van der Waals surface area contributed by atoms with Crippen molar-refractivity contribution in [3.8, 4) is 22.3 Å². The second kappa shape index (κ2) is 9.96. The van der Waals surface area contributed by atoms with E-state index in [2.05, 4.69) is 77.8 Å². The topological polar surface area (TPSA) is 62.7 Å². The Balaban J connectivity index is 1.70. The van der Waals surface area contributed by atoms with Crippen LogP contribution in [-0.4, -0.2) is 20.5 Å². The predicted molar refractivity (Wildman–Crippen MR) is 150 cm³/mol. The van der Waals surface area contributed by atoms with E-state index in [9.17, 15) is 0 Å². The highest BCUT2D eigenvalue weighted by atomic mass is 35.5. The van der Waals surface area contributed by atoms with E-state index >= 15 is 0 Å². The van der Waals surface area contributed by atoms with Crippen molar-refractivity contribution in [2.24, 2.45) is 0 Å². The third-order valence-electron chi connectivity index (χ3n) is 5.78. The molecule has 0 saturated heterocycles. The fourth-order valence-corrected chi connectivity index (χ4v) is 4.65. The highest BCUT2D eigenvalue weighted by Crippen LogP contribution is 2.42. The van der Waals surface area contributed by atoms with E-state index in [0.29, 0.717) is 11.7 Å². The molecule has 0 atom stereocenters. The van der Waals surface area contributed by atoms with Gasteiger partial charge in [0.1, 0.15) is 11.0 Å². The first-order chi connectivity index (χ1) is 17.4. The number of hydrogen-bond donors (Lipinski definition) is 2. The van der Waals surface area contributed by atoms with Gasteiger partial charge in [0.05, 0.1) is 17.9 Å². The molecule has 0 fully saturated rings. The number of benzene rings is 2. The lowest BCUT2D eigenvalue weighted by molar-refractivity contribution is 0.633. The number of fused-ring (bicyclic) bond motifs is 1. The van der Waals surface area contributed by atoms with Crippen molar-refractivity contribution in [2.45, 2.75) is 32.9 Å². The molecule has 0 spiro atoms. The third-order valence-corrected chi connectivity index (χ3v) is 6.05. The first-order valence-electron chi connectivity index (χ1n) is 11.9. The van der Waals surface area contributed by atoms with Gasteiger partial charge in [-0.25, -0.2) is 4.98 Å². The summed E-state index contributed by atoms with van der Waals surface area (Å²) in [6.07, 6.45) is 5.46. The van der Waals surface area contributed by atoms with Crippen molar-refractivity contribution in [1.29, 1.82) is 0 Å². The van der Waals surface area contributed by atoms with Crippen molar-refractivity contribution in [2.75, 3.05) is 10.6 Å². The van der Waals surface area contributed by atoms with E-state index in [4.69, 9.17) is 16.6 Å². The summed E-state index contributed by atoms with van der Waals surface area (Å²) in [6.45, 7) is 6.90. The van der Waals surface area contributed by atoms with Crippen molar-refractivity contribution in [3.63, 3.8) is 0 Å². The number of rotatable bonds is 6. The largest absolute Gasteiger partial charge is 0.379 e. The Kier molecular flexibility index (Phi) is 6.57. The van der Waals surface area contributed by atoms with Crippen LogP contribution < -0.4 is 10.6 Å². The van der Waals surface area contributed by atoms with Crippen LogP contribution in [0.2, 0.25) is 5.15 Å². The van der Waals surface area contributed by atoms with Crippen LogP contribution >= 0.6 is 11.6 Å². The van der Waals surface area contributed by atoms with Crippen LogP contribution in [0.1, 0.15) is 26.5 Å². The van der Waals surface area contributed by atoms with Crippen molar-refractivity contribution in [1.82, 2.24) is 15.0 Å². The maximum atomic E-state index is 6.89. The lowest BCUT2D eigenvalue weighted by Crippen LogP contribution is -2.26. The molecule has 0 saturated carbocycles. The van der Waals surface area contributed by atoms with Crippen LogP contribution in [0.5, 0.6) is 0 Å². The minimum atomic E-state index is -0.0931. The maximum Gasteiger partial charge on any atom is 0.140 e. The van der Waals surface area contributed by atoms with Gasteiger partial charge in [-0.15, -0.1) is 0 Å². The summed E-state index contributed by atoms with van der Waals surface area (Å²) in [5, 5.41) is 9.43. The van der Waals surface area contributed by atoms with Gasteiger partial charge < -0.3 is 10.6 Å². The molecule has 36 heavy (non-hydrogen) atoms. The fourth-order valence-electron chi connectivity index (χ4n) is 4.35. The van der Waals surface area contributed by atoms with Gasteiger partial charge in [0, 0.05) is 40.6 Å². The zero-order valence-electron chi connectivity index (χ0n) is 20.6. The van der Waals surface area contributed by atoms with Gasteiger partial charge in [-0.2, -0.15) is 0 Å². The van der Waals surface area contributed by atoms with Gasteiger partial charge in [0.15, 0.2) is 0 Å². The predicted octanol–water partition coefficient (Wildman–Crippen LogP) is 7.83. The van der Waals surface area contributed by atoms with E-state index in [1.54, 1.807) is 6.20 Å². The van der Waals surface area contributed by atoms with Gasteiger partial charge in [0.25, 0.3) is 0 Å². The van der Waals surface area contributed by atoms with Crippen LogP contribution in [0.25, 0.3) is 33.0 Å². The number of anilines is 2. The van der Waals surface area contributed by atoms with Crippen LogP contribution in [-0.2, 0) is 6.54 Å². The zero-order valence-corrected chi connectivity index (χ0v) is 21.3. The number of hydrogen-bond acceptors (Lipinski definition) is 5. The van der Waals surface area contributed by atoms with E-state index in [1.165, 1.54) is 0 Å². The monoisotopic (exact) mass is 493 g/mol. The number of nitrogens with zero attached hydrogens (tertiary/aromatic N) is 3. The first kappa shape index (κ1) is 23.8. The Labute approximate surface area is 216 Å². The van der Waals surface area contributed by atoms with Crippen LogP contribution in [0.3, 0.4) is 0 Å². The molecule has 0 aliphatic carbocycles. The summed E-state index contributed by atoms with van der Waals surface area (Å²) in [4.78, 5) is 13.8. The van der Waals surface area contributed by atoms with E-state index in [0.717, 1.165) is 50.2 Å². The van der Waals surface area contributed by atoms with Crippen LogP contribution in [0.15, 0.2) is 91.4 Å². The minimum Gasteiger partial charge on any atom is -0.379 e. The van der Waals surface area contributed by atoms with E-state index in [-0.39, 0.29) is 5.54 Å². The molecule has 0 amide bonds. The molecule has 0 aliphatic rings. The maximum absolute atomic E-state index is 6.89. The quantitative estimate of drug-likeness (QED) is 0.236. The Morgan fingerprint density at radius 2 is 1.67 bits per heavy atom. The van der Waals surface area contributed by atoms with Gasteiger partial charge in [-0.05, 0) is 55.5 Å². The van der Waals surface area contributed by atoms with Crippen molar-refractivity contribution >= 4 is 33.9 Å². The van der Waals surface area contributed by atoms with Gasteiger partial charge in [-0.3, -0.25) is 9.97 Å². The molecule has 180 valence electrons. The lowest BCUT2D eigenvalue weighted by atomic mass is 9.94. The summed E-state index contributed by atoms with van der Waals surface area (Å²) >= 11 is 6.89. The number of aromatic nitrogens is 3. The van der Waals surface area contributed by atoms with E-state index < -0.39 is 0 Å². The molecule has 5 nitrogen and oxygen atoms in total. The number of pyridine rings is 3. The molecule has 0 radical (unpaired) electrons. The molecule has 0 unspecified atom stereocenters. The minimum absolute atomic E-state index is 0.0931. The smallest absolute Gasteiger partial charge is 0.140 e. The Morgan fingerprint density at radius 3 is 2.42 bits per heavy atom. The van der Waals surface area contributed by atoms with E-state index in [1.807, 2.05) is 48.8 Å². The van der Waals surface area contributed by atoms with Gasteiger partial charge in [0.2, 0.25) is 0 Å². The molecule has 2 aromatic carbocycles. The van der Waals surface area contributed by atoms with Crippen LogP contribution in [0.4, 0.5) is 11.5 Å². The van der Waals surface area contributed by atoms with Crippen LogP contribution in [0, 0.1) is 0 Å². The molecule has 6 heteroatoms. The van der Waals surface area contributed by atoms with Gasteiger partial charge in [-0.1, -0.05) is 66.2 Å². The molecule has 3 aromatic heterocycles. The average Bonchev–Trinajstić information content (AvgIpc) is 2.87. The Hall–Kier alpha value is -3.96. The summed E-state index contributed by atoms with van der Waals surface area (Å²) in [6, 6.07) is 24.6.